The van der Waals surface area contributed by atoms with Gasteiger partial charge in [0.2, 0.25) is 0 Å². The molecule has 11 heavy (non-hydrogen) atoms. The quantitative estimate of drug-likeness (QED) is 0.435. The van der Waals surface area contributed by atoms with Gasteiger partial charge in [0.05, 0.1) is 12.5 Å². The molecule has 1 nitrogen and oxygen atoms in total. The Morgan fingerprint density at radius 1 is 1.64 bits per heavy atom. The van der Waals surface area contributed by atoms with Crippen LogP contribution in [0.25, 0.3) is 0 Å². The average molecular weight is 149 g/mol. The Morgan fingerprint density at radius 2 is 2.36 bits per heavy atom. The lowest BCUT2D eigenvalue weighted by molar-refractivity contribution is 0.814. The Morgan fingerprint density at radius 3 is 2.91 bits per heavy atom. The van der Waals surface area contributed by atoms with Gasteiger partial charge < -0.3 is 0 Å². The van der Waals surface area contributed by atoms with E-state index >= 15 is 0 Å². The maximum absolute atomic E-state index is 8.29. The highest BCUT2D eigenvalue weighted by Crippen LogP contribution is 2.01. The molecule has 0 fully saturated rings. The van der Waals surface area contributed by atoms with Gasteiger partial charge >= 0.3 is 0 Å². The highest BCUT2D eigenvalue weighted by Gasteiger charge is 1.84. The molecule has 0 rings (SSSR count). The number of hydrogen-bond acceptors (Lipinski definition) is 1. The zero-order valence-electron chi connectivity index (χ0n) is 7.14. The first kappa shape index (κ1) is 9.97. The van der Waals surface area contributed by atoms with Crippen LogP contribution in [0.4, 0.5) is 0 Å². The van der Waals surface area contributed by atoms with Crippen LogP contribution in [-0.4, -0.2) is 0 Å². The number of nitrogens with zero attached hydrogens (tertiary/aromatic N) is 1. The van der Waals surface area contributed by atoms with Crippen molar-refractivity contribution in [3.05, 3.63) is 24.3 Å². The number of allylic oxidation sites excluding steroid dienone is 3. The van der Waals surface area contributed by atoms with E-state index in [9.17, 15) is 0 Å². The van der Waals surface area contributed by atoms with E-state index in [2.05, 4.69) is 25.6 Å². The van der Waals surface area contributed by atoms with Crippen molar-refractivity contribution in [2.75, 3.05) is 0 Å². The van der Waals surface area contributed by atoms with Crippen LogP contribution in [0.5, 0.6) is 0 Å². The van der Waals surface area contributed by atoms with Crippen LogP contribution in [0, 0.1) is 11.3 Å². The maximum Gasteiger partial charge on any atom is 0.0669 e. The Bertz CT molecular complexity index is 172. The molecule has 0 aliphatic carbocycles. The van der Waals surface area contributed by atoms with E-state index in [1.54, 1.807) is 0 Å². The van der Waals surface area contributed by atoms with Gasteiger partial charge in [0, 0.05) is 0 Å². The highest BCUT2D eigenvalue weighted by molar-refractivity contribution is 5.17. The minimum atomic E-state index is 0.447. The van der Waals surface area contributed by atoms with Crippen molar-refractivity contribution in [3.8, 4) is 6.07 Å². The fourth-order valence-corrected chi connectivity index (χ4v) is 0.732. The molecule has 60 valence electrons. The van der Waals surface area contributed by atoms with Crippen LogP contribution >= 0.6 is 0 Å². The van der Waals surface area contributed by atoms with Gasteiger partial charge in [0.1, 0.15) is 0 Å². The van der Waals surface area contributed by atoms with Crippen LogP contribution in [0.1, 0.15) is 32.6 Å². The van der Waals surface area contributed by atoms with E-state index in [0.29, 0.717) is 6.42 Å². The predicted octanol–water partition coefficient (Wildman–Crippen LogP) is 3.20. The molecule has 0 aromatic rings. The molecule has 0 saturated heterocycles. The second kappa shape index (κ2) is 7.08. The molecular formula is C10H15N. The van der Waals surface area contributed by atoms with Crippen molar-refractivity contribution < 1.29 is 0 Å². The molecule has 0 radical (unpaired) electrons. The molecule has 0 aromatic heterocycles. The maximum atomic E-state index is 8.29. The van der Waals surface area contributed by atoms with Crippen LogP contribution in [0.2, 0.25) is 0 Å². The van der Waals surface area contributed by atoms with Crippen molar-refractivity contribution in [3.63, 3.8) is 0 Å². The van der Waals surface area contributed by atoms with Gasteiger partial charge in [0.15, 0.2) is 0 Å². The Kier molecular flexibility index (Phi) is 6.42. The fraction of sp³-hybridized carbons (Fsp3) is 0.500. The second-order valence-electron chi connectivity index (χ2n) is 2.54. The van der Waals surface area contributed by atoms with Crippen LogP contribution < -0.4 is 0 Å². The molecule has 0 unspecified atom stereocenters. The minimum Gasteiger partial charge on any atom is -0.198 e. The first-order chi connectivity index (χ1) is 5.31. The van der Waals surface area contributed by atoms with Crippen molar-refractivity contribution >= 4 is 0 Å². The van der Waals surface area contributed by atoms with Crippen molar-refractivity contribution in [2.45, 2.75) is 32.6 Å². The summed E-state index contributed by atoms with van der Waals surface area (Å²) in [6.07, 6.45) is 8.01. The summed E-state index contributed by atoms with van der Waals surface area (Å²) in [7, 11) is 0. The van der Waals surface area contributed by atoms with Gasteiger partial charge in [-0.05, 0) is 12.0 Å². The number of unbranched alkanes of at least 4 members (excludes halogenated alkanes) is 2. The highest BCUT2D eigenvalue weighted by atomic mass is 14.2. The molecule has 0 amide bonds. The Labute approximate surface area is 69.0 Å². The molecule has 0 heterocycles. The molecule has 0 spiro atoms. The molecule has 1 heteroatoms. The standard InChI is InChI=1S/C10H15N/c1-3-4-5-6-7-10(2)8-9-11/h6-7H,2-5,8H2,1H3. The second-order valence-corrected chi connectivity index (χ2v) is 2.54. The molecule has 0 atom stereocenters. The minimum absolute atomic E-state index is 0.447. The monoisotopic (exact) mass is 149 g/mol. The zero-order valence-corrected chi connectivity index (χ0v) is 7.14. The van der Waals surface area contributed by atoms with Crippen LogP contribution in [0.15, 0.2) is 24.3 Å². The molecule has 0 aliphatic rings. The summed E-state index contributed by atoms with van der Waals surface area (Å²) in [5, 5.41) is 8.29. The molecule has 0 aromatic carbocycles. The third-order valence-electron chi connectivity index (χ3n) is 1.38. The summed E-state index contributed by atoms with van der Waals surface area (Å²) in [6, 6.07) is 2.06. The van der Waals surface area contributed by atoms with Crippen molar-refractivity contribution in [2.24, 2.45) is 0 Å². The van der Waals surface area contributed by atoms with Gasteiger partial charge in [-0.25, -0.2) is 0 Å². The van der Waals surface area contributed by atoms with Gasteiger partial charge in [-0.3, -0.25) is 0 Å². The summed E-state index contributed by atoms with van der Waals surface area (Å²) < 4.78 is 0. The normalized spacial score (nSPS) is 9.82. The Hall–Kier alpha value is -1.03. The molecular weight excluding hydrogens is 134 g/mol. The lowest BCUT2D eigenvalue weighted by Crippen LogP contribution is -1.72. The third-order valence-corrected chi connectivity index (χ3v) is 1.38. The SMILES string of the molecule is C=C(C=CCCCC)CC#N. The number of rotatable bonds is 5. The topological polar surface area (TPSA) is 23.8 Å². The summed E-state index contributed by atoms with van der Waals surface area (Å²) in [5.74, 6) is 0. The van der Waals surface area contributed by atoms with Crippen LogP contribution in [-0.2, 0) is 0 Å². The largest absolute Gasteiger partial charge is 0.198 e. The zero-order chi connectivity index (χ0) is 8.53. The average Bonchev–Trinajstić information content (AvgIpc) is 1.99. The molecule has 0 aliphatic heterocycles. The van der Waals surface area contributed by atoms with Crippen molar-refractivity contribution in [1.29, 1.82) is 5.26 Å². The smallest absolute Gasteiger partial charge is 0.0669 e. The summed E-state index contributed by atoms with van der Waals surface area (Å²) in [6.45, 7) is 5.90. The van der Waals surface area contributed by atoms with Gasteiger partial charge in [-0.2, -0.15) is 5.26 Å². The van der Waals surface area contributed by atoms with Gasteiger partial charge in [0.25, 0.3) is 0 Å². The lowest BCUT2D eigenvalue weighted by Gasteiger charge is -1.90. The predicted molar refractivity (Wildman–Crippen MR) is 48.0 cm³/mol. The van der Waals surface area contributed by atoms with Crippen LogP contribution in [0.3, 0.4) is 0 Å². The fourth-order valence-electron chi connectivity index (χ4n) is 0.732. The molecule has 0 saturated carbocycles. The molecule has 0 bridgehead atoms. The molecule has 0 N–H and O–H groups in total. The summed E-state index contributed by atoms with van der Waals surface area (Å²) in [4.78, 5) is 0. The lowest BCUT2D eigenvalue weighted by atomic mass is 10.2. The Balaban J connectivity index is 3.42. The number of nitriles is 1. The van der Waals surface area contributed by atoms with Gasteiger partial charge in [-0.15, -0.1) is 0 Å². The summed E-state index contributed by atoms with van der Waals surface area (Å²) in [5.41, 5.74) is 0.906. The van der Waals surface area contributed by atoms with E-state index < -0.39 is 0 Å². The van der Waals surface area contributed by atoms with E-state index in [1.165, 1.54) is 12.8 Å². The third kappa shape index (κ3) is 6.86. The summed E-state index contributed by atoms with van der Waals surface area (Å²) >= 11 is 0. The van der Waals surface area contributed by atoms with E-state index in [-0.39, 0.29) is 0 Å². The first-order valence-corrected chi connectivity index (χ1v) is 4.02. The van der Waals surface area contributed by atoms with E-state index in [4.69, 9.17) is 5.26 Å². The van der Waals surface area contributed by atoms with E-state index in [0.717, 1.165) is 12.0 Å². The first-order valence-electron chi connectivity index (χ1n) is 4.02. The van der Waals surface area contributed by atoms with Crippen molar-refractivity contribution in [1.82, 2.24) is 0 Å². The van der Waals surface area contributed by atoms with Gasteiger partial charge in [-0.1, -0.05) is 38.5 Å². The van der Waals surface area contributed by atoms with E-state index in [1.807, 2.05) is 6.08 Å². The number of hydrogen-bond donors (Lipinski definition) is 0.